The molecule has 0 N–H and O–H groups in total. The topological polar surface area (TPSA) is 66.0 Å². The smallest absolute Gasteiger partial charge is 0.247 e. The zero-order valence-corrected chi connectivity index (χ0v) is 15.1. The lowest BCUT2D eigenvalue weighted by atomic mass is 10.1. The summed E-state index contributed by atoms with van der Waals surface area (Å²) in [5, 5.41) is -0.609. The predicted octanol–water partition coefficient (Wildman–Crippen LogP) is 2.40. The lowest BCUT2D eigenvalue weighted by Crippen LogP contribution is -2.54. The molecule has 1 heterocycles. The van der Waals surface area contributed by atoms with E-state index in [9.17, 15) is 31.9 Å². The maximum absolute atomic E-state index is 14.4. The molecule has 0 aliphatic carbocycles. The quantitative estimate of drug-likeness (QED) is 0.533. The van der Waals surface area contributed by atoms with Gasteiger partial charge in [0.05, 0.1) is 30.2 Å². The van der Waals surface area contributed by atoms with Crippen molar-refractivity contribution in [3.05, 3.63) is 90.9 Å². The molecule has 6 nitrogen and oxygen atoms in total. The number of hydrogen-bond donors (Lipinski definition) is 0. The van der Waals surface area contributed by atoms with Gasteiger partial charge in [-0.15, -0.1) is 13.2 Å². The van der Waals surface area contributed by atoms with Gasteiger partial charge in [-0.3, -0.25) is 0 Å². The highest BCUT2D eigenvalue weighted by Crippen LogP contribution is 2.35. The normalized spacial score (nSPS) is 11.5. The zero-order chi connectivity index (χ0) is 21.2. The van der Waals surface area contributed by atoms with Crippen molar-refractivity contribution < 1.29 is 17.6 Å². The first kappa shape index (κ1) is 21.4. The van der Waals surface area contributed by atoms with Crippen molar-refractivity contribution in [3.8, 4) is 0 Å². The molecule has 0 aliphatic rings. The van der Waals surface area contributed by atoms with Crippen molar-refractivity contribution in [1.29, 1.82) is 0 Å². The first-order valence-electron chi connectivity index (χ1n) is 7.74. The Kier molecular flexibility index (Phi) is 6.13. The molecule has 150 valence electrons. The van der Waals surface area contributed by atoms with Crippen LogP contribution in [0.1, 0.15) is 11.1 Å². The molecule has 0 saturated heterocycles. The van der Waals surface area contributed by atoms with Gasteiger partial charge in [-0.1, -0.05) is 23.8 Å². The Hall–Kier alpha value is -2.88. The van der Waals surface area contributed by atoms with Gasteiger partial charge in [0.2, 0.25) is 0 Å². The van der Waals surface area contributed by atoms with Crippen LogP contribution in [0.5, 0.6) is 0 Å². The van der Waals surface area contributed by atoms with Gasteiger partial charge in [-0.25, -0.2) is 32.5 Å². The summed E-state index contributed by atoms with van der Waals surface area (Å²) in [6.07, 6.45) is -2.58. The molecule has 0 radical (unpaired) electrons. The molecule has 0 fully saturated rings. The largest absolute Gasteiger partial charge is 0.416 e. The molecule has 0 saturated carbocycles. The maximum Gasteiger partial charge on any atom is 0.416 e. The number of rotatable bonds is 6. The van der Waals surface area contributed by atoms with Gasteiger partial charge >= 0.3 is 23.2 Å². The van der Waals surface area contributed by atoms with E-state index in [1.54, 1.807) is 0 Å². The van der Waals surface area contributed by atoms with E-state index >= 15 is 0 Å². The molecular weight excluding hydrogens is 406 g/mol. The second kappa shape index (κ2) is 8.01. The average molecular weight is 420 g/mol. The molecule has 1 aromatic carbocycles. The Balaban J connectivity index is 2.85. The first-order chi connectivity index (χ1) is 13.0. The van der Waals surface area contributed by atoms with Crippen LogP contribution in [-0.2, 0) is 25.8 Å². The summed E-state index contributed by atoms with van der Waals surface area (Å²) in [7, 11) is 0. The van der Waals surface area contributed by atoms with Crippen LogP contribution in [0.4, 0.5) is 17.6 Å². The molecule has 1 aromatic heterocycles. The summed E-state index contributed by atoms with van der Waals surface area (Å²) in [4.78, 5) is 37.3. The lowest BCUT2D eigenvalue weighted by Gasteiger charge is -2.17. The van der Waals surface area contributed by atoms with E-state index in [4.69, 9.17) is 11.6 Å². The van der Waals surface area contributed by atoms with E-state index in [-0.39, 0.29) is 13.1 Å². The molecule has 2 rings (SSSR count). The van der Waals surface area contributed by atoms with Crippen LogP contribution in [-0.4, -0.2) is 13.7 Å². The van der Waals surface area contributed by atoms with Gasteiger partial charge in [0.1, 0.15) is 5.82 Å². The van der Waals surface area contributed by atoms with Gasteiger partial charge < -0.3 is 0 Å². The maximum atomic E-state index is 14.4. The number of benzene rings is 1. The Morgan fingerprint density at radius 3 is 1.82 bits per heavy atom. The summed E-state index contributed by atoms with van der Waals surface area (Å²) in [6.45, 7) is 5.07. The van der Waals surface area contributed by atoms with E-state index in [1.807, 2.05) is 0 Å². The van der Waals surface area contributed by atoms with E-state index in [1.165, 1.54) is 12.2 Å². The minimum atomic E-state index is -4.96. The summed E-state index contributed by atoms with van der Waals surface area (Å²) < 4.78 is 55.7. The van der Waals surface area contributed by atoms with Crippen LogP contribution in [0.25, 0.3) is 0 Å². The number of nitrogens with zero attached hydrogens (tertiary/aromatic N) is 3. The molecule has 0 spiro atoms. The fourth-order valence-electron chi connectivity index (χ4n) is 2.56. The summed E-state index contributed by atoms with van der Waals surface area (Å²) in [6, 6.07) is 1.27. The first-order valence-corrected chi connectivity index (χ1v) is 8.12. The van der Waals surface area contributed by atoms with Crippen molar-refractivity contribution >= 4 is 11.6 Å². The molecule has 0 unspecified atom stereocenters. The number of aromatic nitrogens is 3. The van der Waals surface area contributed by atoms with Crippen LogP contribution in [0.3, 0.4) is 0 Å². The average Bonchev–Trinajstić information content (AvgIpc) is 2.61. The molecule has 0 aliphatic heterocycles. The minimum Gasteiger partial charge on any atom is -0.247 e. The van der Waals surface area contributed by atoms with Crippen molar-refractivity contribution in [3.63, 3.8) is 0 Å². The zero-order valence-electron chi connectivity index (χ0n) is 14.3. The van der Waals surface area contributed by atoms with E-state index in [0.717, 1.165) is 6.07 Å². The van der Waals surface area contributed by atoms with Gasteiger partial charge in [0.25, 0.3) is 0 Å². The van der Waals surface area contributed by atoms with Crippen molar-refractivity contribution in [2.45, 2.75) is 25.8 Å². The third-order valence-corrected chi connectivity index (χ3v) is 4.12. The Labute approximate surface area is 160 Å². The van der Waals surface area contributed by atoms with Gasteiger partial charge in [-0.2, -0.15) is 13.2 Å². The molecule has 28 heavy (non-hydrogen) atoms. The Bertz CT molecular complexity index is 1060. The SMILES string of the molecule is C=CCn1c(=O)n(CC=C)c(=O)n(Cc2c(C(F)(F)F)ccc(Cl)c2F)c1=O. The standard InChI is InChI=1S/C17H14ClF4N3O3/c1-3-7-23-14(26)24(8-4-2)16(28)25(15(23)27)9-10-11(17(20,21)22)5-6-12(18)13(10)19/h3-6H,1-2,7-9H2. The third-order valence-electron chi connectivity index (χ3n) is 3.83. The highest BCUT2D eigenvalue weighted by molar-refractivity contribution is 6.30. The summed E-state index contributed by atoms with van der Waals surface area (Å²) in [5.74, 6) is -1.42. The van der Waals surface area contributed by atoms with E-state index in [2.05, 4.69) is 13.2 Å². The molecule has 0 bridgehead atoms. The lowest BCUT2D eigenvalue weighted by molar-refractivity contribution is -0.138. The predicted molar refractivity (Wildman–Crippen MR) is 95.1 cm³/mol. The molecule has 0 amide bonds. The molecular formula is C17H14ClF4N3O3. The number of alkyl halides is 3. The van der Waals surface area contributed by atoms with Gasteiger partial charge in [-0.05, 0) is 12.1 Å². The number of allylic oxidation sites excluding steroid dienone is 2. The van der Waals surface area contributed by atoms with Gasteiger partial charge in [0, 0.05) is 5.56 Å². The van der Waals surface area contributed by atoms with Crippen molar-refractivity contribution in [2.24, 2.45) is 0 Å². The molecule has 0 atom stereocenters. The van der Waals surface area contributed by atoms with Crippen molar-refractivity contribution in [2.75, 3.05) is 0 Å². The second-order valence-electron chi connectivity index (χ2n) is 5.62. The van der Waals surface area contributed by atoms with Crippen LogP contribution in [0.15, 0.2) is 51.8 Å². The van der Waals surface area contributed by atoms with E-state index in [0.29, 0.717) is 19.8 Å². The summed E-state index contributed by atoms with van der Waals surface area (Å²) in [5.41, 5.74) is -5.79. The highest BCUT2D eigenvalue weighted by atomic mass is 35.5. The third kappa shape index (κ3) is 3.86. The minimum absolute atomic E-state index is 0.306. The van der Waals surface area contributed by atoms with Crippen LogP contribution in [0.2, 0.25) is 5.02 Å². The number of halogens is 5. The molecule has 2 aromatic rings. The number of hydrogen-bond acceptors (Lipinski definition) is 3. The van der Waals surface area contributed by atoms with Crippen LogP contribution in [0, 0.1) is 5.82 Å². The van der Waals surface area contributed by atoms with Crippen LogP contribution >= 0.6 is 11.6 Å². The van der Waals surface area contributed by atoms with Crippen LogP contribution < -0.4 is 17.1 Å². The Morgan fingerprint density at radius 1 is 0.929 bits per heavy atom. The monoisotopic (exact) mass is 419 g/mol. The fraction of sp³-hybridized carbons (Fsp3) is 0.235. The second-order valence-corrected chi connectivity index (χ2v) is 6.02. The van der Waals surface area contributed by atoms with E-state index < -0.39 is 51.8 Å². The highest BCUT2D eigenvalue weighted by Gasteiger charge is 2.35. The van der Waals surface area contributed by atoms with Crippen molar-refractivity contribution in [1.82, 2.24) is 13.7 Å². The Morgan fingerprint density at radius 2 is 1.39 bits per heavy atom. The molecule has 11 heteroatoms. The fourth-order valence-corrected chi connectivity index (χ4v) is 2.74. The van der Waals surface area contributed by atoms with Gasteiger partial charge in [0.15, 0.2) is 0 Å². The summed E-state index contributed by atoms with van der Waals surface area (Å²) >= 11 is 5.57.